The van der Waals surface area contributed by atoms with Gasteiger partial charge in [0.1, 0.15) is 5.60 Å². The quantitative estimate of drug-likeness (QED) is 0.715. The van der Waals surface area contributed by atoms with Crippen LogP contribution < -0.4 is 5.73 Å². The zero-order chi connectivity index (χ0) is 12.9. The highest BCUT2D eigenvalue weighted by atomic mass is 16.6. The lowest BCUT2D eigenvalue weighted by Crippen LogP contribution is -2.40. The Bertz CT molecular complexity index is 256. The van der Waals surface area contributed by atoms with Gasteiger partial charge in [0.2, 0.25) is 5.91 Å². The average Bonchev–Trinajstić information content (AvgIpc) is 2.09. The Kier molecular flexibility index (Phi) is 5.44. The number of nitrogens with zero attached hydrogens (tertiary/aromatic N) is 1. The van der Waals surface area contributed by atoms with Crippen LogP contribution in [0.25, 0.3) is 0 Å². The maximum atomic E-state index is 11.4. The fourth-order valence-corrected chi connectivity index (χ4v) is 1.12. The van der Waals surface area contributed by atoms with Gasteiger partial charge in [-0.3, -0.25) is 9.59 Å². The number of ether oxygens (including phenoxy) is 1. The number of hydrogen-bond acceptors (Lipinski definition) is 4. The molecule has 0 radical (unpaired) electrons. The first-order valence-corrected chi connectivity index (χ1v) is 5.32. The van der Waals surface area contributed by atoms with Gasteiger partial charge in [0, 0.05) is 20.5 Å². The first-order chi connectivity index (χ1) is 7.13. The van der Waals surface area contributed by atoms with Crippen LogP contribution in [0.1, 0.15) is 33.6 Å². The molecule has 2 N–H and O–H groups in total. The summed E-state index contributed by atoms with van der Waals surface area (Å²) in [6, 6.07) is -0.637. The fraction of sp³-hybridized carbons (Fsp3) is 0.818. The fourth-order valence-electron chi connectivity index (χ4n) is 1.12. The number of amides is 1. The Balaban J connectivity index is 3.98. The van der Waals surface area contributed by atoms with Gasteiger partial charge in [-0.2, -0.15) is 0 Å². The van der Waals surface area contributed by atoms with Gasteiger partial charge in [0.25, 0.3) is 0 Å². The molecule has 1 atom stereocenters. The lowest BCUT2D eigenvalue weighted by Gasteiger charge is -2.20. The molecule has 1 unspecified atom stereocenters. The number of carbonyl (C=O) groups excluding carboxylic acids is 2. The molecule has 16 heavy (non-hydrogen) atoms. The SMILES string of the molecule is CN(C)C(=O)C(N)CCC(=O)OC(C)(C)C. The van der Waals surface area contributed by atoms with Gasteiger partial charge in [-0.15, -0.1) is 0 Å². The molecule has 0 spiro atoms. The van der Waals surface area contributed by atoms with Crippen LogP contribution in [0.3, 0.4) is 0 Å². The van der Waals surface area contributed by atoms with Gasteiger partial charge in [0.15, 0.2) is 0 Å². The van der Waals surface area contributed by atoms with Crippen molar-refractivity contribution < 1.29 is 14.3 Å². The lowest BCUT2D eigenvalue weighted by molar-refractivity contribution is -0.155. The molecule has 0 aliphatic rings. The van der Waals surface area contributed by atoms with Crippen molar-refractivity contribution >= 4 is 11.9 Å². The topological polar surface area (TPSA) is 72.6 Å². The molecule has 0 aliphatic heterocycles. The van der Waals surface area contributed by atoms with Crippen molar-refractivity contribution in [1.29, 1.82) is 0 Å². The molecular weight excluding hydrogens is 208 g/mol. The second-order valence-electron chi connectivity index (χ2n) is 4.96. The summed E-state index contributed by atoms with van der Waals surface area (Å²) in [5, 5.41) is 0. The van der Waals surface area contributed by atoms with E-state index in [1.807, 2.05) is 0 Å². The van der Waals surface area contributed by atoms with Crippen LogP contribution in [0.15, 0.2) is 0 Å². The molecule has 5 heteroatoms. The molecule has 0 heterocycles. The molecule has 0 aromatic carbocycles. The summed E-state index contributed by atoms with van der Waals surface area (Å²) in [7, 11) is 3.27. The Morgan fingerprint density at radius 2 is 1.81 bits per heavy atom. The molecule has 1 amide bonds. The van der Waals surface area contributed by atoms with Crippen LogP contribution in [0.5, 0.6) is 0 Å². The third-order valence-electron chi connectivity index (χ3n) is 1.84. The summed E-state index contributed by atoms with van der Waals surface area (Å²) in [6.07, 6.45) is 0.476. The van der Waals surface area contributed by atoms with Crippen molar-refractivity contribution in [2.45, 2.75) is 45.3 Å². The van der Waals surface area contributed by atoms with Crippen LogP contribution >= 0.6 is 0 Å². The molecule has 0 bridgehead atoms. The van der Waals surface area contributed by atoms with E-state index in [-0.39, 0.29) is 18.3 Å². The van der Waals surface area contributed by atoms with E-state index in [2.05, 4.69) is 0 Å². The largest absolute Gasteiger partial charge is 0.460 e. The van der Waals surface area contributed by atoms with Gasteiger partial charge < -0.3 is 15.4 Å². The Morgan fingerprint density at radius 3 is 2.19 bits per heavy atom. The molecule has 0 aliphatic carbocycles. The summed E-state index contributed by atoms with van der Waals surface area (Å²) in [4.78, 5) is 24.2. The molecular formula is C11H22N2O3. The van der Waals surface area contributed by atoms with Crippen molar-refractivity contribution in [3.63, 3.8) is 0 Å². The first kappa shape index (κ1) is 14.9. The minimum atomic E-state index is -0.637. The van der Waals surface area contributed by atoms with Gasteiger partial charge in [-0.25, -0.2) is 0 Å². The monoisotopic (exact) mass is 230 g/mol. The Labute approximate surface area is 96.9 Å². The zero-order valence-corrected chi connectivity index (χ0v) is 10.7. The average molecular weight is 230 g/mol. The lowest BCUT2D eigenvalue weighted by atomic mass is 10.1. The van der Waals surface area contributed by atoms with Crippen LogP contribution in [-0.4, -0.2) is 42.5 Å². The second-order valence-corrected chi connectivity index (χ2v) is 4.96. The highest BCUT2D eigenvalue weighted by molar-refractivity contribution is 5.81. The van der Waals surface area contributed by atoms with Crippen molar-refractivity contribution in [2.75, 3.05) is 14.1 Å². The van der Waals surface area contributed by atoms with Crippen molar-refractivity contribution in [3.05, 3.63) is 0 Å². The Morgan fingerprint density at radius 1 is 1.31 bits per heavy atom. The van der Waals surface area contributed by atoms with Crippen LogP contribution in [0.4, 0.5) is 0 Å². The van der Waals surface area contributed by atoms with Crippen LogP contribution in [0, 0.1) is 0 Å². The summed E-state index contributed by atoms with van der Waals surface area (Å²) in [5.41, 5.74) is 5.14. The highest BCUT2D eigenvalue weighted by Crippen LogP contribution is 2.09. The maximum absolute atomic E-state index is 11.4. The predicted octanol–water partition coefficient (Wildman–Crippen LogP) is 0.524. The van der Waals surface area contributed by atoms with Gasteiger partial charge in [0.05, 0.1) is 6.04 Å². The van der Waals surface area contributed by atoms with E-state index in [1.54, 1.807) is 34.9 Å². The summed E-state index contributed by atoms with van der Waals surface area (Å²) in [5.74, 6) is -0.502. The number of rotatable bonds is 4. The molecule has 5 nitrogen and oxygen atoms in total. The number of likely N-dealkylation sites (N-methyl/N-ethyl adjacent to an activating group) is 1. The van der Waals surface area contributed by atoms with E-state index in [9.17, 15) is 9.59 Å². The third-order valence-corrected chi connectivity index (χ3v) is 1.84. The highest BCUT2D eigenvalue weighted by Gasteiger charge is 2.20. The van der Waals surface area contributed by atoms with Gasteiger partial charge in [-0.1, -0.05) is 0 Å². The number of esters is 1. The van der Waals surface area contributed by atoms with Gasteiger partial charge in [-0.05, 0) is 27.2 Å². The molecule has 0 saturated heterocycles. The van der Waals surface area contributed by atoms with E-state index in [4.69, 9.17) is 10.5 Å². The second kappa shape index (κ2) is 5.84. The molecule has 0 aromatic heterocycles. The van der Waals surface area contributed by atoms with E-state index in [0.29, 0.717) is 6.42 Å². The minimum absolute atomic E-state index is 0.165. The summed E-state index contributed by atoms with van der Waals surface area (Å²) >= 11 is 0. The normalized spacial score (nSPS) is 13.1. The van der Waals surface area contributed by atoms with Crippen LogP contribution in [-0.2, 0) is 14.3 Å². The Hall–Kier alpha value is -1.10. The molecule has 0 rings (SSSR count). The first-order valence-electron chi connectivity index (χ1n) is 5.32. The third kappa shape index (κ3) is 6.40. The number of hydrogen-bond donors (Lipinski definition) is 1. The molecule has 0 fully saturated rings. The van der Waals surface area contributed by atoms with E-state index in [0.717, 1.165) is 0 Å². The summed E-state index contributed by atoms with van der Waals surface area (Å²) < 4.78 is 5.11. The van der Waals surface area contributed by atoms with E-state index < -0.39 is 11.6 Å². The number of carbonyl (C=O) groups is 2. The predicted molar refractivity (Wildman–Crippen MR) is 61.7 cm³/mol. The van der Waals surface area contributed by atoms with E-state index >= 15 is 0 Å². The zero-order valence-electron chi connectivity index (χ0n) is 10.7. The minimum Gasteiger partial charge on any atom is -0.460 e. The van der Waals surface area contributed by atoms with Crippen LogP contribution in [0.2, 0.25) is 0 Å². The maximum Gasteiger partial charge on any atom is 0.306 e. The van der Waals surface area contributed by atoms with Gasteiger partial charge >= 0.3 is 5.97 Å². The standard InChI is InChI=1S/C11H22N2O3/c1-11(2,3)16-9(14)7-6-8(12)10(15)13(4)5/h8H,6-7,12H2,1-5H3. The van der Waals surface area contributed by atoms with E-state index in [1.165, 1.54) is 4.90 Å². The molecule has 94 valence electrons. The number of nitrogens with two attached hydrogens (primary N) is 1. The molecule has 0 aromatic rings. The molecule has 0 saturated carbocycles. The van der Waals surface area contributed by atoms with Crippen molar-refractivity contribution in [3.8, 4) is 0 Å². The summed E-state index contributed by atoms with van der Waals surface area (Å²) in [6.45, 7) is 5.40. The smallest absolute Gasteiger partial charge is 0.306 e. The van der Waals surface area contributed by atoms with Crippen molar-refractivity contribution in [2.24, 2.45) is 5.73 Å². The van der Waals surface area contributed by atoms with Crippen molar-refractivity contribution in [1.82, 2.24) is 4.90 Å².